The minimum absolute atomic E-state index is 0.814. The molecular weight excluding hydrogens is 178 g/mol. The zero-order valence-corrected chi connectivity index (χ0v) is 10.8. The third-order valence-electron chi connectivity index (χ3n) is 1.65. The molecule has 2 heteroatoms. The van der Waals surface area contributed by atoms with Gasteiger partial charge in [-0.05, 0) is 25.1 Å². The fourth-order valence-electron chi connectivity index (χ4n) is 1.19. The summed E-state index contributed by atoms with van der Waals surface area (Å²) in [6.07, 6.45) is 2.79. The predicted molar refractivity (Wildman–Crippen MR) is 66.7 cm³/mol. The molecule has 0 amide bonds. The molecule has 1 unspecified atom stereocenters. The van der Waals surface area contributed by atoms with Gasteiger partial charge in [-0.15, -0.1) is 0 Å². The molecule has 1 N–H and O–H groups in total. The maximum Gasteiger partial charge on any atom is 0.0158 e. The molecule has 1 aliphatic heterocycles. The SMILES string of the molecule is CC.CC.CCNC1CCCSC1. The molecule has 0 radical (unpaired) electrons. The van der Waals surface area contributed by atoms with Crippen molar-refractivity contribution in [1.29, 1.82) is 0 Å². The number of hydrogen-bond donors (Lipinski definition) is 1. The molecule has 0 spiro atoms. The molecule has 0 aromatic heterocycles. The molecule has 1 atom stereocenters. The lowest BCUT2D eigenvalue weighted by Gasteiger charge is -2.21. The van der Waals surface area contributed by atoms with Gasteiger partial charge in [0.15, 0.2) is 0 Å². The van der Waals surface area contributed by atoms with Gasteiger partial charge in [-0.2, -0.15) is 11.8 Å². The number of thioether (sulfide) groups is 1. The highest BCUT2D eigenvalue weighted by atomic mass is 32.2. The van der Waals surface area contributed by atoms with Crippen LogP contribution >= 0.6 is 11.8 Å². The van der Waals surface area contributed by atoms with Crippen molar-refractivity contribution in [2.24, 2.45) is 0 Å². The van der Waals surface area contributed by atoms with Crippen molar-refractivity contribution < 1.29 is 0 Å². The molecule has 1 rings (SSSR count). The van der Waals surface area contributed by atoms with Crippen LogP contribution in [0.15, 0.2) is 0 Å². The molecule has 1 saturated heterocycles. The van der Waals surface area contributed by atoms with Crippen LogP contribution in [0.25, 0.3) is 0 Å². The third-order valence-corrected chi connectivity index (χ3v) is 2.87. The summed E-state index contributed by atoms with van der Waals surface area (Å²) in [7, 11) is 0. The van der Waals surface area contributed by atoms with E-state index in [0.717, 1.165) is 12.6 Å². The second-order valence-corrected chi connectivity index (χ2v) is 3.62. The van der Waals surface area contributed by atoms with Crippen molar-refractivity contribution in [2.75, 3.05) is 18.1 Å². The molecule has 0 aromatic rings. The summed E-state index contributed by atoms with van der Waals surface area (Å²) in [5.41, 5.74) is 0. The summed E-state index contributed by atoms with van der Waals surface area (Å²) in [5.74, 6) is 2.70. The molecule has 0 bridgehead atoms. The second-order valence-electron chi connectivity index (χ2n) is 2.47. The van der Waals surface area contributed by atoms with Crippen LogP contribution in [0.4, 0.5) is 0 Å². The van der Waals surface area contributed by atoms with Crippen LogP contribution in [-0.4, -0.2) is 24.1 Å². The first-order valence-electron chi connectivity index (χ1n) is 5.74. The lowest BCUT2D eigenvalue weighted by molar-refractivity contribution is 0.523. The van der Waals surface area contributed by atoms with Gasteiger partial charge >= 0.3 is 0 Å². The van der Waals surface area contributed by atoms with Crippen LogP contribution in [0.3, 0.4) is 0 Å². The van der Waals surface area contributed by atoms with Crippen LogP contribution in [0.2, 0.25) is 0 Å². The van der Waals surface area contributed by atoms with Crippen LogP contribution in [0, 0.1) is 0 Å². The standard InChI is InChI=1S/C7H15NS.2C2H6/c1-2-8-7-4-3-5-9-6-7;2*1-2/h7-8H,2-6H2,1H3;2*1-2H3. The Hall–Kier alpha value is 0.310. The zero-order chi connectivity index (χ0) is 10.5. The van der Waals surface area contributed by atoms with Crippen LogP contribution in [0.1, 0.15) is 47.5 Å². The van der Waals surface area contributed by atoms with E-state index in [1.807, 2.05) is 27.7 Å². The lowest BCUT2D eigenvalue weighted by Crippen LogP contribution is -2.33. The highest BCUT2D eigenvalue weighted by Crippen LogP contribution is 2.16. The largest absolute Gasteiger partial charge is 0.313 e. The molecule has 0 aliphatic carbocycles. The second kappa shape index (κ2) is 14.8. The van der Waals surface area contributed by atoms with E-state index in [1.165, 1.54) is 24.3 Å². The number of hydrogen-bond acceptors (Lipinski definition) is 2. The van der Waals surface area contributed by atoms with E-state index in [1.54, 1.807) is 0 Å². The van der Waals surface area contributed by atoms with Gasteiger partial charge in [-0.25, -0.2) is 0 Å². The average Bonchev–Trinajstić information content (AvgIpc) is 2.26. The lowest BCUT2D eigenvalue weighted by atomic mass is 10.2. The van der Waals surface area contributed by atoms with Crippen molar-refractivity contribution in [2.45, 2.75) is 53.5 Å². The topological polar surface area (TPSA) is 12.0 Å². The van der Waals surface area contributed by atoms with Gasteiger partial charge < -0.3 is 5.32 Å². The summed E-state index contributed by atoms with van der Waals surface area (Å²) < 4.78 is 0. The zero-order valence-electron chi connectivity index (χ0n) is 10.0. The fourth-order valence-corrected chi connectivity index (χ4v) is 2.30. The summed E-state index contributed by atoms with van der Waals surface area (Å²) in [6.45, 7) is 11.3. The number of nitrogens with one attached hydrogen (secondary N) is 1. The molecule has 13 heavy (non-hydrogen) atoms. The molecule has 0 aromatic carbocycles. The van der Waals surface area contributed by atoms with Gasteiger partial charge in [-0.3, -0.25) is 0 Å². The summed E-state index contributed by atoms with van der Waals surface area (Å²) >= 11 is 2.08. The Morgan fingerprint density at radius 3 is 2.23 bits per heavy atom. The normalized spacial score (nSPS) is 20.5. The Labute approximate surface area is 89.1 Å². The number of rotatable bonds is 2. The highest BCUT2D eigenvalue weighted by molar-refractivity contribution is 7.99. The van der Waals surface area contributed by atoms with E-state index in [-0.39, 0.29) is 0 Å². The van der Waals surface area contributed by atoms with Crippen molar-refractivity contribution in [3.8, 4) is 0 Å². The van der Waals surface area contributed by atoms with Crippen molar-refractivity contribution in [3.63, 3.8) is 0 Å². The Kier molecular flexibility index (Phi) is 18.0. The van der Waals surface area contributed by atoms with Crippen molar-refractivity contribution in [1.82, 2.24) is 5.32 Å². The van der Waals surface area contributed by atoms with Crippen LogP contribution in [-0.2, 0) is 0 Å². The van der Waals surface area contributed by atoms with Gasteiger partial charge in [0.25, 0.3) is 0 Å². The quantitative estimate of drug-likeness (QED) is 0.740. The Balaban J connectivity index is 0. The van der Waals surface area contributed by atoms with Gasteiger partial charge in [-0.1, -0.05) is 34.6 Å². The minimum Gasteiger partial charge on any atom is -0.313 e. The molecule has 82 valence electrons. The van der Waals surface area contributed by atoms with E-state index in [9.17, 15) is 0 Å². The van der Waals surface area contributed by atoms with Crippen molar-refractivity contribution in [3.05, 3.63) is 0 Å². The van der Waals surface area contributed by atoms with Crippen LogP contribution < -0.4 is 5.32 Å². The molecule has 0 saturated carbocycles. The van der Waals surface area contributed by atoms with Gasteiger partial charge in [0.2, 0.25) is 0 Å². The smallest absolute Gasteiger partial charge is 0.0158 e. The molecule has 1 heterocycles. The Morgan fingerprint density at radius 1 is 1.23 bits per heavy atom. The first kappa shape index (κ1) is 15.8. The van der Waals surface area contributed by atoms with E-state index in [2.05, 4.69) is 24.0 Å². The predicted octanol–water partition coefficient (Wildman–Crippen LogP) is 3.54. The first-order chi connectivity index (χ1) is 6.43. The molecule has 1 nitrogen and oxygen atoms in total. The first-order valence-corrected chi connectivity index (χ1v) is 6.90. The third kappa shape index (κ3) is 10.2. The maximum atomic E-state index is 3.46. The molecular formula is C11H27NS. The summed E-state index contributed by atoms with van der Waals surface area (Å²) in [5, 5.41) is 3.46. The highest BCUT2D eigenvalue weighted by Gasteiger charge is 2.10. The van der Waals surface area contributed by atoms with Gasteiger partial charge in [0.05, 0.1) is 0 Å². The average molecular weight is 205 g/mol. The van der Waals surface area contributed by atoms with E-state index >= 15 is 0 Å². The maximum absolute atomic E-state index is 3.46. The van der Waals surface area contributed by atoms with E-state index < -0.39 is 0 Å². The monoisotopic (exact) mass is 205 g/mol. The summed E-state index contributed by atoms with van der Waals surface area (Å²) in [4.78, 5) is 0. The van der Waals surface area contributed by atoms with E-state index in [0.29, 0.717) is 0 Å². The minimum atomic E-state index is 0.814. The Bertz CT molecular complexity index is 67.7. The van der Waals surface area contributed by atoms with E-state index in [4.69, 9.17) is 0 Å². The van der Waals surface area contributed by atoms with Crippen LogP contribution in [0.5, 0.6) is 0 Å². The van der Waals surface area contributed by atoms with Gasteiger partial charge in [0, 0.05) is 11.8 Å². The Morgan fingerprint density at radius 2 is 1.85 bits per heavy atom. The molecule has 1 fully saturated rings. The fraction of sp³-hybridized carbons (Fsp3) is 1.00. The van der Waals surface area contributed by atoms with Crippen molar-refractivity contribution >= 4 is 11.8 Å². The molecule has 1 aliphatic rings. The van der Waals surface area contributed by atoms with Gasteiger partial charge in [0.1, 0.15) is 0 Å². The summed E-state index contributed by atoms with van der Waals surface area (Å²) in [6, 6.07) is 0.814.